The molecule has 118 valence electrons. The van der Waals surface area contributed by atoms with Crippen molar-refractivity contribution in [3.05, 3.63) is 28.8 Å². The Kier molecular flexibility index (Phi) is 4.79. The van der Waals surface area contributed by atoms with Crippen LogP contribution >= 0.6 is 11.6 Å². The average molecular weight is 335 g/mol. The van der Waals surface area contributed by atoms with E-state index in [1.807, 2.05) is 13.8 Å². The van der Waals surface area contributed by atoms with E-state index in [9.17, 15) is 8.42 Å². The third-order valence-corrected chi connectivity index (χ3v) is 4.33. The molecule has 1 aliphatic rings. The highest BCUT2D eigenvalue weighted by Gasteiger charge is 2.38. The van der Waals surface area contributed by atoms with Crippen molar-refractivity contribution in [3.63, 3.8) is 0 Å². The van der Waals surface area contributed by atoms with Gasteiger partial charge in [0.25, 0.3) is 0 Å². The van der Waals surface area contributed by atoms with Crippen molar-refractivity contribution in [1.29, 1.82) is 0 Å². The summed E-state index contributed by atoms with van der Waals surface area (Å²) in [6, 6.07) is 4.88. The second-order valence-electron chi connectivity index (χ2n) is 4.96. The first-order chi connectivity index (χ1) is 9.78. The fourth-order valence-electron chi connectivity index (χ4n) is 2.41. The molecule has 0 spiro atoms. The van der Waals surface area contributed by atoms with E-state index < -0.39 is 16.0 Å². The third kappa shape index (κ3) is 3.87. The highest BCUT2D eigenvalue weighted by Crippen LogP contribution is 2.38. The molecule has 8 heteroatoms. The quantitative estimate of drug-likeness (QED) is 0.860. The summed E-state index contributed by atoms with van der Waals surface area (Å²) >= 11 is 6.00. The SMILES string of the molecule is CCC1(CC)N[C@H](COS(N)(=O)=O)c2cc(Cl)ccc2O1. The summed E-state index contributed by atoms with van der Waals surface area (Å²) in [5, 5.41) is 8.74. The minimum Gasteiger partial charge on any atom is -0.472 e. The van der Waals surface area contributed by atoms with E-state index in [-0.39, 0.29) is 12.6 Å². The molecule has 1 atom stereocenters. The molecule has 0 bridgehead atoms. The lowest BCUT2D eigenvalue weighted by Gasteiger charge is -2.42. The Balaban J connectivity index is 2.35. The number of nitrogens with one attached hydrogen (secondary N) is 1. The molecule has 1 aromatic carbocycles. The second kappa shape index (κ2) is 6.10. The van der Waals surface area contributed by atoms with Crippen LogP contribution in [0.15, 0.2) is 18.2 Å². The summed E-state index contributed by atoms with van der Waals surface area (Å²) in [6.07, 6.45) is 1.44. The van der Waals surface area contributed by atoms with Gasteiger partial charge in [0.15, 0.2) is 5.72 Å². The molecule has 1 aromatic rings. The van der Waals surface area contributed by atoms with Gasteiger partial charge in [-0.2, -0.15) is 8.42 Å². The molecule has 0 saturated heterocycles. The molecule has 3 N–H and O–H groups in total. The molecule has 0 aliphatic carbocycles. The summed E-state index contributed by atoms with van der Waals surface area (Å²) < 4.78 is 32.8. The Morgan fingerprint density at radius 2 is 2.10 bits per heavy atom. The highest BCUT2D eigenvalue weighted by atomic mass is 35.5. The van der Waals surface area contributed by atoms with Crippen molar-refractivity contribution in [1.82, 2.24) is 5.32 Å². The van der Waals surface area contributed by atoms with Gasteiger partial charge in [-0.15, -0.1) is 0 Å². The van der Waals surface area contributed by atoms with Gasteiger partial charge < -0.3 is 4.74 Å². The van der Waals surface area contributed by atoms with E-state index in [0.717, 1.165) is 18.4 Å². The Morgan fingerprint density at radius 1 is 1.43 bits per heavy atom. The van der Waals surface area contributed by atoms with E-state index in [4.69, 9.17) is 25.7 Å². The zero-order valence-corrected chi connectivity index (χ0v) is 13.5. The largest absolute Gasteiger partial charge is 0.472 e. The first kappa shape index (κ1) is 16.5. The number of hydrogen-bond donors (Lipinski definition) is 2. The summed E-state index contributed by atoms with van der Waals surface area (Å²) in [4.78, 5) is 0. The van der Waals surface area contributed by atoms with Crippen LogP contribution in [0.5, 0.6) is 5.75 Å². The van der Waals surface area contributed by atoms with Gasteiger partial charge >= 0.3 is 10.3 Å². The zero-order valence-electron chi connectivity index (χ0n) is 11.9. The minimum atomic E-state index is -4.00. The lowest BCUT2D eigenvalue weighted by atomic mass is 9.97. The summed E-state index contributed by atoms with van der Waals surface area (Å²) in [6.45, 7) is 3.88. The molecular formula is C13H19ClN2O4S. The summed E-state index contributed by atoms with van der Waals surface area (Å²) in [5.41, 5.74) is 0.191. The molecule has 0 saturated carbocycles. The van der Waals surface area contributed by atoms with Crippen molar-refractivity contribution in [2.24, 2.45) is 5.14 Å². The molecule has 1 aliphatic heterocycles. The predicted molar refractivity (Wildman–Crippen MR) is 80.3 cm³/mol. The molecule has 6 nitrogen and oxygen atoms in total. The normalized spacial score (nSPS) is 20.7. The maximum Gasteiger partial charge on any atom is 0.333 e. The van der Waals surface area contributed by atoms with Gasteiger partial charge in [0, 0.05) is 10.6 Å². The van der Waals surface area contributed by atoms with Crippen molar-refractivity contribution in [2.75, 3.05) is 6.61 Å². The lowest BCUT2D eigenvalue weighted by molar-refractivity contribution is -0.0114. The number of nitrogens with two attached hydrogens (primary N) is 1. The van der Waals surface area contributed by atoms with Crippen LogP contribution in [-0.2, 0) is 14.5 Å². The average Bonchev–Trinajstić information content (AvgIpc) is 2.44. The molecule has 0 fully saturated rings. The molecule has 0 radical (unpaired) electrons. The summed E-state index contributed by atoms with van der Waals surface area (Å²) in [5.74, 6) is 0.671. The van der Waals surface area contributed by atoms with Crippen LogP contribution in [-0.4, -0.2) is 20.7 Å². The standard InChI is InChI=1S/C13H19ClN2O4S/c1-3-13(4-2)16-11(8-19-21(15,17)18)10-7-9(14)5-6-12(10)20-13/h5-7,11,16H,3-4,8H2,1-2H3,(H2,15,17,18)/t11-/m1/s1. The second-order valence-corrected chi connectivity index (χ2v) is 6.62. The molecule has 0 amide bonds. The first-order valence-corrected chi connectivity index (χ1v) is 8.57. The van der Waals surface area contributed by atoms with E-state index >= 15 is 0 Å². The maximum atomic E-state index is 11.0. The minimum absolute atomic E-state index is 0.114. The van der Waals surface area contributed by atoms with Crippen LogP contribution < -0.4 is 15.2 Å². The smallest absolute Gasteiger partial charge is 0.333 e. The number of ether oxygens (including phenoxy) is 1. The Morgan fingerprint density at radius 3 is 2.67 bits per heavy atom. The van der Waals surface area contributed by atoms with Crippen LogP contribution in [0, 0.1) is 0 Å². The van der Waals surface area contributed by atoms with Crippen molar-refractivity contribution in [2.45, 2.75) is 38.5 Å². The summed E-state index contributed by atoms with van der Waals surface area (Å²) in [7, 11) is -4.00. The molecule has 1 heterocycles. The fraction of sp³-hybridized carbons (Fsp3) is 0.538. The first-order valence-electron chi connectivity index (χ1n) is 6.72. The van der Waals surface area contributed by atoms with Crippen LogP contribution in [0.2, 0.25) is 5.02 Å². The number of rotatable bonds is 5. The van der Waals surface area contributed by atoms with Crippen LogP contribution in [0.4, 0.5) is 0 Å². The zero-order chi connectivity index (χ0) is 15.7. The van der Waals surface area contributed by atoms with E-state index in [1.54, 1.807) is 18.2 Å². The van der Waals surface area contributed by atoms with Gasteiger partial charge in [-0.3, -0.25) is 9.50 Å². The Hall–Kier alpha value is -0.860. The van der Waals surface area contributed by atoms with E-state index in [2.05, 4.69) is 5.32 Å². The van der Waals surface area contributed by atoms with Crippen molar-refractivity contribution < 1.29 is 17.3 Å². The molecule has 2 rings (SSSR count). The van der Waals surface area contributed by atoms with Gasteiger partial charge in [0.2, 0.25) is 0 Å². The van der Waals surface area contributed by atoms with Crippen molar-refractivity contribution in [3.8, 4) is 5.75 Å². The van der Waals surface area contributed by atoms with Gasteiger partial charge in [-0.25, -0.2) is 5.14 Å². The highest BCUT2D eigenvalue weighted by molar-refractivity contribution is 7.84. The monoisotopic (exact) mass is 334 g/mol. The Bertz CT molecular complexity index is 617. The van der Waals surface area contributed by atoms with Crippen molar-refractivity contribution >= 4 is 21.9 Å². The van der Waals surface area contributed by atoms with E-state index in [1.165, 1.54) is 0 Å². The Labute approximate surface area is 129 Å². The van der Waals surface area contributed by atoms with Gasteiger partial charge in [-0.05, 0) is 31.0 Å². The molecule has 21 heavy (non-hydrogen) atoms. The molecule has 0 unspecified atom stereocenters. The van der Waals surface area contributed by atoms with Gasteiger partial charge in [0.1, 0.15) is 5.75 Å². The number of hydrogen-bond acceptors (Lipinski definition) is 5. The van der Waals surface area contributed by atoms with Gasteiger partial charge in [0.05, 0.1) is 12.6 Å². The van der Waals surface area contributed by atoms with Gasteiger partial charge in [-0.1, -0.05) is 25.4 Å². The topological polar surface area (TPSA) is 90.6 Å². The maximum absolute atomic E-state index is 11.0. The number of halogens is 1. The van der Waals surface area contributed by atoms with Crippen LogP contribution in [0.1, 0.15) is 38.3 Å². The molecular weight excluding hydrogens is 316 g/mol. The van der Waals surface area contributed by atoms with Crippen LogP contribution in [0.3, 0.4) is 0 Å². The van der Waals surface area contributed by atoms with E-state index in [0.29, 0.717) is 10.8 Å². The lowest BCUT2D eigenvalue weighted by Crippen LogP contribution is -2.54. The fourth-order valence-corrected chi connectivity index (χ4v) is 2.92. The third-order valence-electron chi connectivity index (χ3n) is 3.63. The number of benzene rings is 1. The molecule has 0 aromatic heterocycles. The predicted octanol–water partition coefficient (Wildman–Crippen LogP) is 2.10. The number of fused-ring (bicyclic) bond motifs is 1. The van der Waals surface area contributed by atoms with Crippen LogP contribution in [0.25, 0.3) is 0 Å².